The van der Waals surface area contributed by atoms with Gasteiger partial charge in [0.15, 0.2) is 17.4 Å². The first-order chi connectivity index (χ1) is 13.6. The van der Waals surface area contributed by atoms with E-state index in [1.807, 2.05) is 13.8 Å². The molecule has 1 aliphatic heterocycles. The second-order valence-corrected chi connectivity index (χ2v) is 7.58. The first-order valence-electron chi connectivity index (χ1n) is 9.48. The molecule has 7 nitrogen and oxygen atoms in total. The lowest BCUT2D eigenvalue weighted by molar-refractivity contribution is -0.126. The largest absolute Gasteiger partial charge is 0.475 e. The number of nitrogens with zero attached hydrogens (tertiary/aromatic N) is 2. The van der Waals surface area contributed by atoms with Gasteiger partial charge in [0, 0.05) is 19.4 Å². The van der Waals surface area contributed by atoms with Crippen molar-refractivity contribution in [3.63, 3.8) is 0 Å². The maximum absolute atomic E-state index is 14.2. The lowest BCUT2D eigenvalue weighted by atomic mass is 9.75. The van der Waals surface area contributed by atoms with Crippen molar-refractivity contribution in [3.05, 3.63) is 29.3 Å². The van der Waals surface area contributed by atoms with Crippen LogP contribution in [0, 0.1) is 28.9 Å². The molecule has 156 valence electrons. The molecule has 1 unspecified atom stereocenters. The van der Waals surface area contributed by atoms with E-state index in [0.717, 1.165) is 12.1 Å². The number of halogens is 2. The molecular weight excluding hydrogens is 383 g/mol. The van der Waals surface area contributed by atoms with E-state index >= 15 is 0 Å². The number of carbonyl (C=O) groups is 2. The summed E-state index contributed by atoms with van der Waals surface area (Å²) < 4.78 is 28.4. The minimum atomic E-state index is -1.71. The minimum Gasteiger partial charge on any atom is -0.426 e. The van der Waals surface area contributed by atoms with E-state index in [0.29, 0.717) is 12.8 Å². The van der Waals surface area contributed by atoms with Crippen LogP contribution in [0.25, 0.3) is 0 Å². The maximum atomic E-state index is 14.2. The van der Waals surface area contributed by atoms with Crippen LogP contribution in [0.15, 0.2) is 12.1 Å². The van der Waals surface area contributed by atoms with Gasteiger partial charge in [-0.05, 0) is 30.9 Å². The van der Waals surface area contributed by atoms with Gasteiger partial charge in [-0.2, -0.15) is 5.26 Å². The van der Waals surface area contributed by atoms with Gasteiger partial charge in [0.2, 0.25) is 5.91 Å². The molecule has 0 spiro atoms. The van der Waals surface area contributed by atoms with Crippen molar-refractivity contribution in [3.8, 4) is 6.07 Å². The number of rotatable bonds is 9. The Bertz CT molecular complexity index is 790. The summed E-state index contributed by atoms with van der Waals surface area (Å²) in [6.07, 6.45) is 0.473. The molecule has 2 rings (SSSR count). The zero-order chi connectivity index (χ0) is 21.7. The predicted molar refractivity (Wildman–Crippen MR) is 103 cm³/mol. The Morgan fingerprint density at radius 3 is 2.38 bits per heavy atom. The highest BCUT2D eigenvalue weighted by molar-refractivity contribution is 6.43. The molecular formula is C19H24BF2N3O4. The number of hydrogen-bond donors (Lipinski definition) is 3. The molecule has 3 N–H and O–H groups in total. The van der Waals surface area contributed by atoms with Gasteiger partial charge in [0.05, 0.1) is 23.6 Å². The van der Waals surface area contributed by atoms with E-state index in [1.165, 1.54) is 4.90 Å². The zero-order valence-corrected chi connectivity index (χ0v) is 16.4. The summed E-state index contributed by atoms with van der Waals surface area (Å²) in [5, 5.41) is 30.0. The molecule has 10 heteroatoms. The number of ketones is 1. The topological polar surface area (TPSA) is 114 Å². The fraction of sp³-hybridized carbons (Fsp3) is 0.526. The fourth-order valence-electron chi connectivity index (χ4n) is 3.34. The quantitative estimate of drug-likeness (QED) is 0.532. The number of anilines is 1. The number of hydrogen-bond acceptors (Lipinski definition) is 6. The highest BCUT2D eigenvalue weighted by atomic mass is 19.1. The van der Waals surface area contributed by atoms with Gasteiger partial charge in [-0.15, -0.1) is 0 Å². The third kappa shape index (κ3) is 5.74. The van der Waals surface area contributed by atoms with Gasteiger partial charge in [-0.3, -0.25) is 9.59 Å². The van der Waals surface area contributed by atoms with Crippen molar-refractivity contribution in [2.45, 2.75) is 51.5 Å². The average molecular weight is 407 g/mol. The van der Waals surface area contributed by atoms with Crippen LogP contribution in [0.4, 0.5) is 14.5 Å². The monoisotopic (exact) mass is 407 g/mol. The number of carbonyl (C=O) groups excluding carboxylic acids is 2. The molecule has 1 saturated heterocycles. The third-order valence-electron chi connectivity index (χ3n) is 4.85. The summed E-state index contributed by atoms with van der Waals surface area (Å²) in [4.78, 5) is 25.8. The molecule has 0 saturated carbocycles. The van der Waals surface area contributed by atoms with Crippen LogP contribution < -0.4 is 10.2 Å². The second kappa shape index (κ2) is 9.81. The summed E-state index contributed by atoms with van der Waals surface area (Å²) in [6, 6.07) is 2.76. The molecule has 1 aliphatic rings. The Morgan fingerprint density at radius 2 is 1.93 bits per heavy atom. The molecule has 2 atom stereocenters. The molecule has 1 heterocycles. The van der Waals surface area contributed by atoms with Crippen molar-refractivity contribution >= 4 is 24.5 Å². The van der Waals surface area contributed by atoms with Crippen molar-refractivity contribution in [2.24, 2.45) is 5.92 Å². The van der Waals surface area contributed by atoms with Crippen LogP contribution >= 0.6 is 0 Å². The summed E-state index contributed by atoms with van der Waals surface area (Å²) >= 11 is 0. The van der Waals surface area contributed by atoms with Crippen LogP contribution in [-0.2, 0) is 9.59 Å². The predicted octanol–water partition coefficient (Wildman–Crippen LogP) is 1.31. The Morgan fingerprint density at radius 1 is 1.31 bits per heavy atom. The van der Waals surface area contributed by atoms with Crippen molar-refractivity contribution in [1.29, 1.82) is 5.26 Å². The summed E-state index contributed by atoms with van der Waals surface area (Å²) in [7, 11) is -1.71. The van der Waals surface area contributed by atoms with E-state index in [2.05, 4.69) is 5.32 Å². The van der Waals surface area contributed by atoms with Crippen LogP contribution in [0.5, 0.6) is 0 Å². The van der Waals surface area contributed by atoms with Crippen molar-refractivity contribution in [1.82, 2.24) is 5.32 Å². The Hall–Kier alpha value is -2.51. The molecule has 0 bridgehead atoms. The summed E-state index contributed by atoms with van der Waals surface area (Å²) in [5.41, 5.74) is -0.496. The van der Waals surface area contributed by atoms with E-state index < -0.39 is 36.6 Å². The normalized spacial score (nSPS) is 16.8. The Kier molecular flexibility index (Phi) is 7.70. The van der Waals surface area contributed by atoms with Gasteiger partial charge in [-0.1, -0.05) is 13.8 Å². The van der Waals surface area contributed by atoms with E-state index in [1.54, 1.807) is 6.07 Å². The Balaban J connectivity index is 1.95. The standard InChI is InChI=1S/C19H24BF2N3O4/c1-11(2)7-17(20(28)29)24-18(27)4-3-16(26)15-5-6-25(15)19-13(21)8-12(10-23)9-14(19)22/h8-9,11,15,17,28-29H,3-7H2,1-2H3,(H,24,27)/t15-,17?/m0/s1. The van der Waals surface area contributed by atoms with E-state index in [4.69, 9.17) is 5.26 Å². The first kappa shape index (κ1) is 22.8. The molecule has 1 aromatic carbocycles. The maximum Gasteiger partial charge on any atom is 0.475 e. The SMILES string of the molecule is CC(C)CC(NC(=O)CCC(=O)[C@@H]1CCN1c1c(F)cc(C#N)cc1F)B(O)O. The van der Waals surface area contributed by atoms with Crippen molar-refractivity contribution < 1.29 is 28.4 Å². The van der Waals surface area contributed by atoms with E-state index in [-0.39, 0.29) is 42.3 Å². The lowest BCUT2D eigenvalue weighted by Gasteiger charge is -2.42. The summed E-state index contributed by atoms with van der Waals surface area (Å²) in [6.45, 7) is 4.03. The highest BCUT2D eigenvalue weighted by Crippen LogP contribution is 2.33. The van der Waals surface area contributed by atoms with Gasteiger partial charge in [0.25, 0.3) is 0 Å². The number of nitrogens with one attached hydrogen (secondary N) is 1. The molecule has 0 aliphatic carbocycles. The first-order valence-corrected chi connectivity index (χ1v) is 9.48. The number of Topliss-reactive ketones (excluding diaryl/α,β-unsaturated/α-hetero) is 1. The van der Waals surface area contributed by atoms with Crippen LogP contribution in [-0.4, -0.2) is 47.4 Å². The van der Waals surface area contributed by atoms with E-state index in [9.17, 15) is 28.4 Å². The van der Waals surface area contributed by atoms with Gasteiger partial charge in [0.1, 0.15) is 5.69 Å². The molecule has 1 amide bonds. The molecule has 0 radical (unpaired) electrons. The summed E-state index contributed by atoms with van der Waals surface area (Å²) in [5.74, 6) is -3.36. The zero-order valence-electron chi connectivity index (χ0n) is 16.4. The molecule has 29 heavy (non-hydrogen) atoms. The smallest absolute Gasteiger partial charge is 0.426 e. The average Bonchev–Trinajstić information content (AvgIpc) is 2.60. The van der Waals surface area contributed by atoms with Gasteiger partial charge < -0.3 is 20.3 Å². The van der Waals surface area contributed by atoms with Gasteiger partial charge >= 0.3 is 7.12 Å². The van der Waals surface area contributed by atoms with Crippen LogP contribution in [0.3, 0.4) is 0 Å². The minimum absolute atomic E-state index is 0.129. The van der Waals surface area contributed by atoms with Crippen LogP contribution in [0.2, 0.25) is 0 Å². The highest BCUT2D eigenvalue weighted by Gasteiger charge is 2.37. The molecule has 0 aromatic heterocycles. The lowest BCUT2D eigenvalue weighted by Crippen LogP contribution is -2.53. The fourth-order valence-corrected chi connectivity index (χ4v) is 3.34. The van der Waals surface area contributed by atoms with Gasteiger partial charge in [-0.25, -0.2) is 8.78 Å². The molecule has 1 fully saturated rings. The third-order valence-corrected chi connectivity index (χ3v) is 4.85. The number of nitriles is 1. The second-order valence-electron chi connectivity index (χ2n) is 7.58. The number of benzene rings is 1. The number of amides is 1. The van der Waals surface area contributed by atoms with Crippen molar-refractivity contribution in [2.75, 3.05) is 11.4 Å². The Labute approximate surface area is 168 Å². The van der Waals surface area contributed by atoms with Crippen LogP contribution in [0.1, 0.15) is 45.1 Å². The molecule has 1 aromatic rings.